The van der Waals surface area contributed by atoms with Crippen LogP contribution in [0.1, 0.15) is 72.1 Å². The zero-order chi connectivity index (χ0) is 17.8. The van der Waals surface area contributed by atoms with Gasteiger partial charge in [-0.15, -0.1) is 0 Å². The molecule has 2 N–H and O–H groups in total. The first-order valence-corrected chi connectivity index (χ1v) is 10.0. The highest BCUT2D eigenvalue weighted by atomic mass is 16.4. The van der Waals surface area contributed by atoms with Gasteiger partial charge in [0.15, 0.2) is 0 Å². The fourth-order valence-corrected chi connectivity index (χ4v) is 7.33. The van der Waals surface area contributed by atoms with E-state index >= 15 is 0 Å². The van der Waals surface area contributed by atoms with E-state index in [4.69, 9.17) is 0 Å². The van der Waals surface area contributed by atoms with Gasteiger partial charge >= 0.3 is 0 Å². The predicted octanol–water partition coefficient (Wildman–Crippen LogP) is 5.25. The van der Waals surface area contributed by atoms with E-state index in [1.807, 2.05) is 6.92 Å². The van der Waals surface area contributed by atoms with Crippen molar-refractivity contribution in [1.29, 1.82) is 0 Å². The average molecular weight is 344 g/mol. The third-order valence-electron chi connectivity index (χ3n) is 8.76. The van der Waals surface area contributed by atoms with Crippen molar-refractivity contribution in [3.05, 3.63) is 11.6 Å². The Hall–Kier alpha value is -1.32. The number of nitrogens with zero attached hydrogens (tertiary/aromatic N) is 2. The van der Waals surface area contributed by atoms with Crippen molar-refractivity contribution >= 4 is 11.4 Å². The third kappa shape index (κ3) is 2.32. The molecule has 0 amide bonds. The van der Waals surface area contributed by atoms with Crippen molar-refractivity contribution in [2.45, 2.75) is 72.1 Å². The number of hydrogen-bond acceptors (Lipinski definition) is 4. The number of oxime groups is 2. The quantitative estimate of drug-likeness (QED) is 0.388. The molecule has 0 unspecified atom stereocenters. The Morgan fingerprint density at radius 2 is 1.92 bits per heavy atom. The largest absolute Gasteiger partial charge is 0.411 e. The number of allylic oxidation sites excluding steroid dienone is 2. The van der Waals surface area contributed by atoms with Crippen molar-refractivity contribution in [3.8, 4) is 0 Å². The maximum Gasteiger partial charge on any atom is 0.0799 e. The van der Waals surface area contributed by atoms with Gasteiger partial charge in [0.1, 0.15) is 0 Å². The van der Waals surface area contributed by atoms with Crippen LogP contribution in [0, 0.1) is 34.5 Å². The van der Waals surface area contributed by atoms with E-state index in [9.17, 15) is 10.4 Å². The van der Waals surface area contributed by atoms with E-state index < -0.39 is 0 Å². The summed E-state index contributed by atoms with van der Waals surface area (Å²) in [6.07, 6.45) is 11.7. The molecule has 4 aliphatic carbocycles. The molecule has 0 aromatic rings. The maximum atomic E-state index is 9.29. The second-order valence-electron chi connectivity index (χ2n) is 9.52. The van der Waals surface area contributed by atoms with Gasteiger partial charge in [-0.05, 0) is 98.4 Å². The summed E-state index contributed by atoms with van der Waals surface area (Å²) >= 11 is 0. The van der Waals surface area contributed by atoms with Crippen LogP contribution in [0.25, 0.3) is 0 Å². The molecule has 4 nitrogen and oxygen atoms in total. The van der Waals surface area contributed by atoms with Gasteiger partial charge in [-0.3, -0.25) is 0 Å². The second kappa shape index (κ2) is 5.85. The van der Waals surface area contributed by atoms with Crippen LogP contribution in [-0.4, -0.2) is 21.8 Å². The molecule has 25 heavy (non-hydrogen) atoms. The van der Waals surface area contributed by atoms with Crippen LogP contribution >= 0.6 is 0 Å². The van der Waals surface area contributed by atoms with Crippen LogP contribution in [-0.2, 0) is 0 Å². The van der Waals surface area contributed by atoms with E-state index in [2.05, 4.69) is 30.2 Å². The minimum absolute atomic E-state index is 0.188. The normalized spacial score (nSPS) is 48.5. The molecule has 4 heteroatoms. The molecule has 3 fully saturated rings. The summed E-state index contributed by atoms with van der Waals surface area (Å²) in [6.45, 7) is 6.88. The van der Waals surface area contributed by atoms with Crippen LogP contribution in [0.5, 0.6) is 0 Å². The molecule has 3 saturated carbocycles. The Labute approximate surface area is 151 Å². The molecule has 0 radical (unpaired) electrons. The van der Waals surface area contributed by atoms with Crippen molar-refractivity contribution in [2.75, 3.05) is 0 Å². The molecule has 0 aromatic carbocycles. The van der Waals surface area contributed by atoms with Gasteiger partial charge in [-0.2, -0.15) is 0 Å². The van der Waals surface area contributed by atoms with Crippen LogP contribution in [0.3, 0.4) is 0 Å². The van der Waals surface area contributed by atoms with Crippen LogP contribution in [0.4, 0.5) is 0 Å². The first-order valence-electron chi connectivity index (χ1n) is 10.0. The van der Waals surface area contributed by atoms with E-state index in [0.29, 0.717) is 17.3 Å². The fourth-order valence-electron chi connectivity index (χ4n) is 7.33. The lowest BCUT2D eigenvalue weighted by Gasteiger charge is -2.60. The zero-order valence-corrected chi connectivity index (χ0v) is 15.8. The van der Waals surface area contributed by atoms with Crippen LogP contribution in [0.15, 0.2) is 22.0 Å². The van der Waals surface area contributed by atoms with E-state index in [0.717, 1.165) is 42.5 Å². The minimum Gasteiger partial charge on any atom is -0.411 e. The Morgan fingerprint density at radius 1 is 1.12 bits per heavy atom. The molecule has 0 spiro atoms. The van der Waals surface area contributed by atoms with Crippen LogP contribution < -0.4 is 0 Å². The Balaban J connectivity index is 1.61. The molecule has 138 valence electrons. The van der Waals surface area contributed by atoms with Crippen molar-refractivity contribution in [2.24, 2.45) is 44.8 Å². The number of fused-ring (bicyclic) bond motifs is 5. The Morgan fingerprint density at radius 3 is 2.64 bits per heavy atom. The summed E-state index contributed by atoms with van der Waals surface area (Å²) in [5.41, 5.74) is 3.71. The summed E-state index contributed by atoms with van der Waals surface area (Å²) < 4.78 is 0. The SMILES string of the molecule is C/C(=N/O)C1=CC[C@@H]2[C@H]3CC[C@H]4C/C(=N\O)CC[C@]4(C)[C@@H]3CC[C@]12C. The monoisotopic (exact) mass is 344 g/mol. The van der Waals surface area contributed by atoms with E-state index in [-0.39, 0.29) is 5.41 Å². The molecule has 0 bridgehead atoms. The topological polar surface area (TPSA) is 65.2 Å². The van der Waals surface area contributed by atoms with Gasteiger partial charge in [-0.25, -0.2) is 0 Å². The van der Waals surface area contributed by atoms with Gasteiger partial charge in [0.05, 0.1) is 11.4 Å². The number of hydrogen-bond donors (Lipinski definition) is 2. The highest BCUT2D eigenvalue weighted by Gasteiger charge is 2.58. The Bertz CT molecular complexity index is 652. The fraction of sp³-hybridized carbons (Fsp3) is 0.810. The van der Waals surface area contributed by atoms with Crippen molar-refractivity contribution in [1.82, 2.24) is 0 Å². The molecule has 0 saturated heterocycles. The van der Waals surface area contributed by atoms with Gasteiger partial charge in [0.25, 0.3) is 0 Å². The van der Waals surface area contributed by atoms with Gasteiger partial charge in [-0.1, -0.05) is 30.2 Å². The highest BCUT2D eigenvalue weighted by molar-refractivity contribution is 5.99. The molecule has 0 aromatic heterocycles. The molecule has 4 aliphatic rings. The van der Waals surface area contributed by atoms with E-state index in [1.165, 1.54) is 37.7 Å². The Kier molecular flexibility index (Phi) is 4.01. The molecule has 4 rings (SSSR count). The number of rotatable bonds is 1. The first-order chi connectivity index (χ1) is 11.9. The van der Waals surface area contributed by atoms with Crippen LogP contribution in [0.2, 0.25) is 0 Å². The first kappa shape index (κ1) is 17.1. The van der Waals surface area contributed by atoms with Gasteiger partial charge in [0.2, 0.25) is 0 Å². The van der Waals surface area contributed by atoms with E-state index in [1.54, 1.807) is 0 Å². The summed E-state index contributed by atoms with van der Waals surface area (Å²) in [5.74, 6) is 2.97. The summed E-state index contributed by atoms with van der Waals surface area (Å²) in [7, 11) is 0. The van der Waals surface area contributed by atoms with Crippen molar-refractivity contribution < 1.29 is 10.4 Å². The maximum absolute atomic E-state index is 9.29. The lowest BCUT2D eigenvalue weighted by Crippen LogP contribution is -2.53. The second-order valence-corrected chi connectivity index (χ2v) is 9.52. The standard InChI is InChI=1S/C21H32N2O2/c1-13(22-24)17-6-7-18-16-5-4-14-12-15(23-25)8-10-20(14,2)19(16)9-11-21(17,18)3/h6,14,16,18-19,24-25H,4-5,7-12H2,1-3H3/b22-13-,23-15-/t14-,16+,18+,19+,20-,21+/m0/s1. The van der Waals surface area contributed by atoms with Gasteiger partial charge < -0.3 is 10.4 Å². The molecular weight excluding hydrogens is 312 g/mol. The molecular formula is C21H32N2O2. The lowest BCUT2D eigenvalue weighted by atomic mass is 9.44. The minimum atomic E-state index is 0.188. The lowest BCUT2D eigenvalue weighted by molar-refractivity contribution is -0.0866. The summed E-state index contributed by atoms with van der Waals surface area (Å²) in [6, 6.07) is 0. The van der Waals surface area contributed by atoms with Gasteiger partial charge in [0, 0.05) is 0 Å². The highest BCUT2D eigenvalue weighted by Crippen LogP contribution is 2.66. The molecule has 6 atom stereocenters. The third-order valence-corrected chi connectivity index (χ3v) is 8.76. The summed E-state index contributed by atoms with van der Waals surface area (Å²) in [5, 5.41) is 25.6. The molecule has 0 aliphatic heterocycles. The average Bonchev–Trinajstić information content (AvgIpc) is 2.97. The smallest absolute Gasteiger partial charge is 0.0799 e. The zero-order valence-electron chi connectivity index (χ0n) is 15.8. The summed E-state index contributed by atoms with van der Waals surface area (Å²) in [4.78, 5) is 0. The van der Waals surface area contributed by atoms with Crippen molar-refractivity contribution in [3.63, 3.8) is 0 Å². The predicted molar refractivity (Wildman–Crippen MR) is 99.3 cm³/mol. The molecule has 0 heterocycles.